The van der Waals surface area contributed by atoms with E-state index < -0.39 is 15.9 Å². The van der Waals surface area contributed by atoms with Gasteiger partial charge in [-0.05, 0) is 29.8 Å². The Morgan fingerprint density at radius 3 is 2.68 bits per heavy atom. The number of ether oxygens (including phenoxy) is 1. The van der Waals surface area contributed by atoms with Crippen LogP contribution in [0.2, 0.25) is 5.02 Å². The van der Waals surface area contributed by atoms with E-state index in [-0.39, 0.29) is 22.7 Å². The van der Waals surface area contributed by atoms with Gasteiger partial charge in [-0.2, -0.15) is 5.26 Å². The molecule has 0 bridgehead atoms. The first-order valence-corrected chi connectivity index (χ1v) is 10.8. The van der Waals surface area contributed by atoms with E-state index in [1.54, 1.807) is 18.2 Å². The first-order chi connectivity index (χ1) is 14.8. The van der Waals surface area contributed by atoms with Gasteiger partial charge in [-0.1, -0.05) is 29.8 Å². The number of sulfonamides is 1. The monoisotopic (exact) mass is 456 g/mol. The molecule has 1 aromatic heterocycles. The maximum absolute atomic E-state index is 12.9. The summed E-state index contributed by atoms with van der Waals surface area (Å²) in [5, 5.41) is 11.9. The third-order valence-corrected chi connectivity index (χ3v) is 6.04. The molecule has 0 aliphatic carbocycles. The number of halogens is 1. The molecule has 10 heteroatoms. The number of hydrogen-bond acceptors (Lipinski definition) is 6. The smallest absolute Gasteiger partial charge is 0.262 e. The van der Waals surface area contributed by atoms with Crippen molar-refractivity contribution in [2.24, 2.45) is 0 Å². The van der Waals surface area contributed by atoms with Gasteiger partial charge in [0.15, 0.2) is 0 Å². The molecule has 0 aliphatic rings. The zero-order valence-corrected chi connectivity index (χ0v) is 17.9. The molecule has 0 saturated carbocycles. The molecule has 2 N–H and O–H groups in total. The predicted molar refractivity (Wildman–Crippen MR) is 115 cm³/mol. The van der Waals surface area contributed by atoms with Crippen LogP contribution in [0.25, 0.3) is 0 Å². The quantitative estimate of drug-likeness (QED) is 0.562. The maximum atomic E-state index is 12.9. The normalized spacial score (nSPS) is 10.7. The summed E-state index contributed by atoms with van der Waals surface area (Å²) in [6, 6.07) is 14.0. The highest BCUT2D eigenvalue weighted by atomic mass is 35.5. The molecule has 3 aromatic rings. The molecule has 3 rings (SSSR count). The summed E-state index contributed by atoms with van der Waals surface area (Å²) in [6.07, 6.45) is 2.77. The fourth-order valence-electron chi connectivity index (χ4n) is 2.72. The Morgan fingerprint density at radius 2 is 1.97 bits per heavy atom. The molecule has 31 heavy (non-hydrogen) atoms. The summed E-state index contributed by atoms with van der Waals surface area (Å²) in [7, 11) is -2.64. The second-order valence-electron chi connectivity index (χ2n) is 6.32. The van der Waals surface area contributed by atoms with Crippen molar-refractivity contribution in [3.8, 4) is 11.8 Å². The standard InChI is InChI=1S/C21H17ClN4O4S/c1-30-17-9-16(12-24-13-17)26-31(28,29)20-5-3-2-4-18(20)21(27)25-11-15-7-6-14(10-23)8-19(15)22/h2-9,12-13,26H,11H2,1H3,(H,25,27). The highest BCUT2D eigenvalue weighted by Gasteiger charge is 2.22. The zero-order valence-electron chi connectivity index (χ0n) is 16.3. The van der Waals surface area contributed by atoms with Crippen molar-refractivity contribution in [2.45, 2.75) is 11.4 Å². The van der Waals surface area contributed by atoms with Gasteiger partial charge in [0.2, 0.25) is 0 Å². The number of rotatable bonds is 7. The minimum absolute atomic E-state index is 0.0318. The van der Waals surface area contributed by atoms with Gasteiger partial charge >= 0.3 is 0 Å². The Kier molecular flexibility index (Phi) is 6.74. The SMILES string of the molecule is COc1cncc(NS(=O)(=O)c2ccccc2C(=O)NCc2ccc(C#N)cc2Cl)c1. The van der Waals surface area contributed by atoms with Crippen molar-refractivity contribution in [3.05, 3.63) is 82.6 Å². The second-order valence-corrected chi connectivity index (χ2v) is 8.37. The van der Waals surface area contributed by atoms with Gasteiger partial charge in [-0.25, -0.2) is 8.42 Å². The van der Waals surface area contributed by atoms with Crippen LogP contribution in [-0.4, -0.2) is 26.4 Å². The maximum Gasteiger partial charge on any atom is 0.262 e. The van der Waals surface area contributed by atoms with Gasteiger partial charge in [0.05, 0.1) is 42.4 Å². The number of amides is 1. The molecular weight excluding hydrogens is 440 g/mol. The largest absolute Gasteiger partial charge is 0.495 e. The first kappa shape index (κ1) is 22.1. The summed E-state index contributed by atoms with van der Waals surface area (Å²) in [5.74, 6) is -0.212. The number of methoxy groups -OCH3 is 1. The lowest BCUT2D eigenvalue weighted by Crippen LogP contribution is -2.26. The minimum Gasteiger partial charge on any atom is -0.495 e. The number of nitrogens with one attached hydrogen (secondary N) is 2. The lowest BCUT2D eigenvalue weighted by atomic mass is 10.1. The number of hydrogen-bond donors (Lipinski definition) is 2. The summed E-state index contributed by atoms with van der Waals surface area (Å²) in [4.78, 5) is 16.5. The van der Waals surface area contributed by atoms with Crippen LogP contribution in [-0.2, 0) is 16.6 Å². The highest BCUT2D eigenvalue weighted by molar-refractivity contribution is 7.92. The van der Waals surface area contributed by atoms with Gasteiger partial charge in [-0.15, -0.1) is 0 Å². The highest BCUT2D eigenvalue weighted by Crippen LogP contribution is 2.22. The van der Waals surface area contributed by atoms with Crippen LogP contribution >= 0.6 is 11.6 Å². The minimum atomic E-state index is -4.08. The number of carbonyl (C=O) groups is 1. The Morgan fingerprint density at radius 1 is 1.19 bits per heavy atom. The summed E-state index contributed by atoms with van der Waals surface area (Å²) < 4.78 is 33.3. The van der Waals surface area contributed by atoms with Crippen molar-refractivity contribution < 1.29 is 17.9 Å². The van der Waals surface area contributed by atoms with Crippen molar-refractivity contribution in [1.29, 1.82) is 5.26 Å². The number of anilines is 1. The van der Waals surface area contributed by atoms with Crippen molar-refractivity contribution in [2.75, 3.05) is 11.8 Å². The molecule has 8 nitrogen and oxygen atoms in total. The van der Waals surface area contributed by atoms with Crippen molar-refractivity contribution in [1.82, 2.24) is 10.3 Å². The number of nitriles is 1. The topological polar surface area (TPSA) is 121 Å². The van der Waals surface area contributed by atoms with Crippen LogP contribution < -0.4 is 14.8 Å². The third kappa shape index (κ3) is 5.31. The van der Waals surface area contributed by atoms with Crippen LogP contribution in [0.1, 0.15) is 21.5 Å². The third-order valence-electron chi connectivity index (χ3n) is 4.24. The number of pyridine rings is 1. The van der Waals surface area contributed by atoms with Crippen molar-refractivity contribution in [3.63, 3.8) is 0 Å². The zero-order chi connectivity index (χ0) is 22.4. The molecule has 0 saturated heterocycles. The number of carbonyl (C=O) groups excluding carboxylic acids is 1. The summed E-state index contributed by atoms with van der Waals surface area (Å²) in [5.41, 5.74) is 1.15. The lowest BCUT2D eigenvalue weighted by molar-refractivity contribution is 0.0947. The Hall–Kier alpha value is -3.61. The van der Waals surface area contributed by atoms with Crippen LogP contribution in [0.5, 0.6) is 5.75 Å². The van der Waals surface area contributed by atoms with E-state index in [4.69, 9.17) is 21.6 Å². The molecule has 158 valence electrons. The lowest BCUT2D eigenvalue weighted by Gasteiger charge is -2.13. The Labute approximate surface area is 184 Å². The molecule has 1 heterocycles. The fraction of sp³-hybridized carbons (Fsp3) is 0.0952. The van der Waals surface area contributed by atoms with Crippen LogP contribution in [0, 0.1) is 11.3 Å². The van der Waals surface area contributed by atoms with Crippen molar-refractivity contribution >= 4 is 33.2 Å². The van der Waals surface area contributed by atoms with E-state index in [1.807, 2.05) is 6.07 Å². The Bertz CT molecular complexity index is 1270. The number of benzene rings is 2. The van der Waals surface area contributed by atoms with E-state index in [2.05, 4.69) is 15.0 Å². The van der Waals surface area contributed by atoms with E-state index in [0.717, 1.165) is 0 Å². The predicted octanol–water partition coefficient (Wildman–Crippen LogP) is 3.35. The molecule has 1 amide bonds. The molecule has 0 spiro atoms. The molecule has 0 atom stereocenters. The van der Waals surface area contributed by atoms with E-state index >= 15 is 0 Å². The molecular formula is C21H17ClN4O4S. The average molecular weight is 457 g/mol. The molecule has 0 radical (unpaired) electrons. The Balaban J connectivity index is 1.82. The number of aromatic nitrogens is 1. The van der Waals surface area contributed by atoms with E-state index in [9.17, 15) is 13.2 Å². The second kappa shape index (κ2) is 9.47. The van der Waals surface area contributed by atoms with Crippen LogP contribution in [0.4, 0.5) is 5.69 Å². The molecule has 0 unspecified atom stereocenters. The average Bonchev–Trinajstić information content (AvgIpc) is 2.77. The van der Waals surface area contributed by atoms with Gasteiger partial charge < -0.3 is 10.1 Å². The van der Waals surface area contributed by atoms with Gasteiger partial charge in [0.1, 0.15) is 10.6 Å². The van der Waals surface area contributed by atoms with Crippen LogP contribution in [0.15, 0.2) is 65.8 Å². The molecule has 2 aromatic carbocycles. The molecule has 0 aliphatic heterocycles. The van der Waals surface area contributed by atoms with E-state index in [1.165, 1.54) is 49.8 Å². The number of nitrogens with zero attached hydrogens (tertiary/aromatic N) is 2. The van der Waals surface area contributed by atoms with Gasteiger partial charge in [0, 0.05) is 17.6 Å². The van der Waals surface area contributed by atoms with E-state index in [0.29, 0.717) is 21.9 Å². The van der Waals surface area contributed by atoms with Crippen LogP contribution in [0.3, 0.4) is 0 Å². The van der Waals surface area contributed by atoms with Gasteiger partial charge in [0.25, 0.3) is 15.9 Å². The fourth-order valence-corrected chi connectivity index (χ4v) is 4.20. The van der Waals surface area contributed by atoms with Gasteiger partial charge in [-0.3, -0.25) is 14.5 Å². The summed E-state index contributed by atoms with van der Waals surface area (Å²) in [6.45, 7) is 0.0605. The summed E-state index contributed by atoms with van der Waals surface area (Å²) >= 11 is 6.13. The first-order valence-electron chi connectivity index (χ1n) is 8.91. The molecule has 0 fully saturated rings.